The summed E-state index contributed by atoms with van der Waals surface area (Å²) in [4.78, 5) is 20.1. The van der Waals surface area contributed by atoms with Crippen LogP contribution in [0.1, 0.15) is 11.6 Å². The van der Waals surface area contributed by atoms with Crippen LogP contribution in [-0.2, 0) is 4.79 Å². The lowest BCUT2D eigenvalue weighted by Gasteiger charge is -2.12. The molecule has 7 nitrogen and oxygen atoms in total. The molecule has 1 aromatic heterocycles. The number of nitrogens with two attached hydrogens (primary N) is 1. The molecule has 0 fully saturated rings. The van der Waals surface area contributed by atoms with Gasteiger partial charge < -0.3 is 15.2 Å². The summed E-state index contributed by atoms with van der Waals surface area (Å²) in [5.74, 6) is 0.218. The molecule has 0 radical (unpaired) electrons. The van der Waals surface area contributed by atoms with Crippen molar-refractivity contribution in [2.75, 3.05) is 19.5 Å². The van der Waals surface area contributed by atoms with Crippen LogP contribution in [0.4, 0.5) is 5.95 Å². The second-order valence-electron chi connectivity index (χ2n) is 4.15. The Bertz CT molecular complexity index is 597. The number of carbonyl (C=O) groups is 1. The van der Waals surface area contributed by atoms with E-state index in [2.05, 4.69) is 15.3 Å². The van der Waals surface area contributed by atoms with Crippen LogP contribution in [0, 0.1) is 0 Å². The minimum absolute atomic E-state index is 0.0718. The first-order valence-corrected chi connectivity index (χ1v) is 6.22. The number of ether oxygens (including phenoxy) is 2. The van der Waals surface area contributed by atoms with Crippen molar-refractivity contribution >= 4 is 11.9 Å². The summed E-state index contributed by atoms with van der Waals surface area (Å²) in [5.41, 5.74) is 6.60. The van der Waals surface area contributed by atoms with Crippen molar-refractivity contribution in [1.29, 1.82) is 0 Å². The Balaban J connectivity index is 2.16. The van der Waals surface area contributed by atoms with Gasteiger partial charge in [-0.3, -0.25) is 10.1 Å². The first-order chi connectivity index (χ1) is 10.1. The molecule has 21 heavy (non-hydrogen) atoms. The van der Waals surface area contributed by atoms with E-state index in [1.165, 1.54) is 20.3 Å². The number of rotatable bonds is 5. The zero-order valence-corrected chi connectivity index (χ0v) is 11.7. The van der Waals surface area contributed by atoms with Gasteiger partial charge in [-0.2, -0.15) is 9.97 Å². The van der Waals surface area contributed by atoms with Gasteiger partial charge in [-0.25, -0.2) is 0 Å². The molecule has 2 rings (SSSR count). The van der Waals surface area contributed by atoms with Gasteiger partial charge >= 0.3 is 0 Å². The summed E-state index contributed by atoms with van der Waals surface area (Å²) in [7, 11) is 2.92. The number of aromatic nitrogens is 2. The largest absolute Gasteiger partial charge is 0.481 e. The number of carbonyl (C=O) groups excluding carboxylic acids is 1. The van der Waals surface area contributed by atoms with E-state index in [1.54, 1.807) is 12.1 Å². The highest BCUT2D eigenvalue weighted by molar-refractivity contribution is 5.94. The highest BCUT2D eigenvalue weighted by Crippen LogP contribution is 2.18. The molecule has 3 N–H and O–H groups in total. The predicted molar refractivity (Wildman–Crippen MR) is 77.1 cm³/mol. The molecular formula is C14H16N4O3. The summed E-state index contributed by atoms with van der Waals surface area (Å²) in [6, 6.07) is 9.72. The Morgan fingerprint density at radius 2 is 1.71 bits per heavy atom. The molecule has 1 aromatic carbocycles. The van der Waals surface area contributed by atoms with E-state index in [4.69, 9.17) is 15.2 Å². The van der Waals surface area contributed by atoms with E-state index >= 15 is 0 Å². The third kappa shape index (κ3) is 3.67. The van der Waals surface area contributed by atoms with Crippen molar-refractivity contribution in [3.8, 4) is 11.8 Å². The minimum atomic E-state index is -0.813. The smallest absolute Gasteiger partial charge is 0.248 e. The van der Waals surface area contributed by atoms with Crippen LogP contribution in [0.5, 0.6) is 11.8 Å². The Labute approximate surface area is 122 Å². The van der Waals surface area contributed by atoms with E-state index in [9.17, 15) is 4.79 Å². The molecule has 110 valence electrons. The fourth-order valence-electron chi connectivity index (χ4n) is 1.67. The highest BCUT2D eigenvalue weighted by atomic mass is 16.5. The number of hydrogen-bond acceptors (Lipinski definition) is 6. The van der Waals surface area contributed by atoms with Crippen molar-refractivity contribution in [1.82, 2.24) is 9.97 Å². The Kier molecular flexibility index (Phi) is 4.68. The van der Waals surface area contributed by atoms with Crippen molar-refractivity contribution in [2.24, 2.45) is 5.73 Å². The normalized spacial score (nSPS) is 11.6. The summed E-state index contributed by atoms with van der Waals surface area (Å²) in [6.07, 6.45) is 0. The molecule has 0 saturated carbocycles. The summed E-state index contributed by atoms with van der Waals surface area (Å²) < 4.78 is 10.0. The highest BCUT2D eigenvalue weighted by Gasteiger charge is 2.17. The molecule has 0 spiro atoms. The summed E-state index contributed by atoms with van der Waals surface area (Å²) >= 11 is 0. The maximum absolute atomic E-state index is 12.1. The average Bonchev–Trinajstić information content (AvgIpc) is 2.54. The van der Waals surface area contributed by atoms with Gasteiger partial charge in [0.2, 0.25) is 23.6 Å². The average molecular weight is 288 g/mol. The van der Waals surface area contributed by atoms with Crippen LogP contribution in [0.25, 0.3) is 0 Å². The number of methoxy groups -OCH3 is 2. The van der Waals surface area contributed by atoms with Gasteiger partial charge in [-0.1, -0.05) is 30.3 Å². The number of anilines is 1. The van der Waals surface area contributed by atoms with Crippen LogP contribution in [-0.4, -0.2) is 30.1 Å². The van der Waals surface area contributed by atoms with Gasteiger partial charge in [0.15, 0.2) is 0 Å². The maximum Gasteiger partial charge on any atom is 0.248 e. The molecule has 7 heteroatoms. The van der Waals surface area contributed by atoms with Gasteiger partial charge in [-0.05, 0) is 5.56 Å². The molecule has 0 aliphatic heterocycles. The van der Waals surface area contributed by atoms with Gasteiger partial charge in [0.25, 0.3) is 0 Å². The quantitative estimate of drug-likeness (QED) is 0.855. The number of amides is 1. The fraction of sp³-hybridized carbons (Fsp3) is 0.214. The number of benzene rings is 1. The van der Waals surface area contributed by atoms with Crippen LogP contribution >= 0.6 is 0 Å². The Morgan fingerprint density at radius 3 is 2.24 bits per heavy atom. The topological polar surface area (TPSA) is 99.4 Å². The van der Waals surface area contributed by atoms with Crippen LogP contribution in [0.3, 0.4) is 0 Å². The second kappa shape index (κ2) is 6.67. The molecule has 1 heterocycles. The molecule has 1 atom stereocenters. The maximum atomic E-state index is 12.1. The SMILES string of the molecule is COc1cc(OC)nc(NC(=O)[C@@H](N)c2ccccc2)n1. The molecule has 2 aromatic rings. The first-order valence-electron chi connectivity index (χ1n) is 6.22. The van der Waals surface area contributed by atoms with Gasteiger partial charge in [0, 0.05) is 0 Å². The first kappa shape index (κ1) is 14.7. The van der Waals surface area contributed by atoms with Crippen molar-refractivity contribution in [2.45, 2.75) is 6.04 Å². The summed E-state index contributed by atoms with van der Waals surface area (Å²) in [5, 5.41) is 2.54. The lowest BCUT2D eigenvalue weighted by molar-refractivity contribution is -0.117. The molecule has 0 unspecified atom stereocenters. The van der Waals surface area contributed by atoms with Gasteiger partial charge in [0.1, 0.15) is 6.04 Å². The zero-order valence-electron chi connectivity index (χ0n) is 11.7. The number of hydrogen-bond donors (Lipinski definition) is 2. The van der Waals surface area contributed by atoms with Gasteiger partial charge in [0.05, 0.1) is 20.3 Å². The lowest BCUT2D eigenvalue weighted by atomic mass is 10.1. The fourth-order valence-corrected chi connectivity index (χ4v) is 1.67. The second-order valence-corrected chi connectivity index (χ2v) is 4.15. The van der Waals surface area contributed by atoms with Crippen molar-refractivity contribution in [3.63, 3.8) is 0 Å². The lowest BCUT2D eigenvalue weighted by Crippen LogP contribution is -2.28. The zero-order chi connectivity index (χ0) is 15.2. The van der Waals surface area contributed by atoms with Gasteiger partial charge in [-0.15, -0.1) is 0 Å². The van der Waals surface area contributed by atoms with E-state index in [0.717, 1.165) is 0 Å². The van der Waals surface area contributed by atoms with Crippen LogP contribution < -0.4 is 20.5 Å². The molecule has 0 aliphatic carbocycles. The minimum Gasteiger partial charge on any atom is -0.481 e. The van der Waals surface area contributed by atoms with Crippen molar-refractivity contribution < 1.29 is 14.3 Å². The predicted octanol–water partition coefficient (Wildman–Crippen LogP) is 1.13. The molecule has 1 amide bonds. The number of nitrogens with one attached hydrogen (secondary N) is 1. The van der Waals surface area contributed by atoms with E-state index in [-0.39, 0.29) is 17.7 Å². The Morgan fingerprint density at radius 1 is 1.14 bits per heavy atom. The van der Waals surface area contributed by atoms with E-state index in [1.807, 2.05) is 18.2 Å². The van der Waals surface area contributed by atoms with Crippen molar-refractivity contribution in [3.05, 3.63) is 42.0 Å². The number of nitrogens with zero attached hydrogens (tertiary/aromatic N) is 2. The summed E-state index contributed by atoms with van der Waals surface area (Å²) in [6.45, 7) is 0. The molecule has 0 saturated heterocycles. The van der Waals surface area contributed by atoms with Crippen LogP contribution in [0.15, 0.2) is 36.4 Å². The molecule has 0 aliphatic rings. The standard InChI is InChI=1S/C14H16N4O3/c1-20-10-8-11(21-2)17-14(16-10)18-13(19)12(15)9-6-4-3-5-7-9/h3-8,12H,15H2,1-2H3,(H,16,17,18,19)/t12-/m0/s1. The molecular weight excluding hydrogens is 272 g/mol. The third-order valence-electron chi connectivity index (χ3n) is 2.77. The van der Waals surface area contributed by atoms with E-state index < -0.39 is 11.9 Å². The molecule has 0 bridgehead atoms. The monoisotopic (exact) mass is 288 g/mol. The van der Waals surface area contributed by atoms with E-state index in [0.29, 0.717) is 5.56 Å². The van der Waals surface area contributed by atoms with Crippen LogP contribution in [0.2, 0.25) is 0 Å². The third-order valence-corrected chi connectivity index (χ3v) is 2.77. The Hall–Kier alpha value is -2.67.